The van der Waals surface area contributed by atoms with Gasteiger partial charge in [-0.2, -0.15) is 37.3 Å². The average Bonchev–Trinajstić information content (AvgIpc) is 1.73. The predicted molar refractivity (Wildman–Crippen MR) is 339 cm³/mol. The van der Waals surface area contributed by atoms with E-state index in [2.05, 4.69) is 51.5 Å². The van der Waals surface area contributed by atoms with Crippen LogP contribution in [0, 0.1) is 20.8 Å². The molecule has 0 aliphatic heterocycles. The van der Waals surface area contributed by atoms with E-state index in [0.717, 1.165) is 16.5 Å². The SMILES string of the molecule is COc1cc(N=Nc2ccc3cc(NC(=O)c4ccc(N)cc4)ccc3c2O)c(OC)cc1N=Nc1cc(C)c(N=Nc2cc(C)c(N=Nc3ccc(C(=O)Nc4ccc5cccc(OCCCS(=O)(=O)O)c5c4)cc3)cc2C)cc1OCCCS(=O)(=O)O. The van der Waals surface area contributed by atoms with Crippen LogP contribution in [-0.2, 0) is 20.2 Å². The molecule has 9 aromatic carbocycles. The number of nitrogens with zero attached hydrogens (tertiary/aromatic N) is 8. The average molecular weight is 1240 g/mol. The summed E-state index contributed by atoms with van der Waals surface area (Å²) in [6.07, 6.45) is 0.0573. The molecule has 26 heteroatoms. The lowest BCUT2D eigenvalue weighted by Gasteiger charge is -2.12. The smallest absolute Gasteiger partial charge is 0.264 e. The maximum atomic E-state index is 13.3. The van der Waals surface area contributed by atoms with Crippen LogP contribution in [0.25, 0.3) is 21.5 Å². The number of nitrogen functional groups attached to an aromatic ring is 1. The number of phenols is 1. The molecule has 0 aliphatic carbocycles. The fourth-order valence-corrected chi connectivity index (χ4v) is 9.86. The van der Waals surface area contributed by atoms with Crippen LogP contribution in [0.5, 0.6) is 28.7 Å². The molecule has 89 heavy (non-hydrogen) atoms. The third-order valence-electron chi connectivity index (χ3n) is 13.6. The van der Waals surface area contributed by atoms with E-state index in [4.69, 9.17) is 29.2 Å². The second kappa shape index (κ2) is 27.9. The summed E-state index contributed by atoms with van der Waals surface area (Å²) >= 11 is 0. The van der Waals surface area contributed by atoms with Crippen molar-refractivity contribution in [1.82, 2.24) is 0 Å². The van der Waals surface area contributed by atoms with Gasteiger partial charge in [-0.3, -0.25) is 18.7 Å². The van der Waals surface area contributed by atoms with E-state index in [1.54, 1.807) is 122 Å². The number of carbonyl (C=O) groups is 2. The molecule has 0 spiro atoms. The Morgan fingerprint density at radius 1 is 0.461 bits per heavy atom. The van der Waals surface area contributed by atoms with Gasteiger partial charge in [0.25, 0.3) is 32.1 Å². The van der Waals surface area contributed by atoms with Gasteiger partial charge in [-0.15, -0.1) is 20.5 Å². The van der Waals surface area contributed by atoms with Crippen molar-refractivity contribution in [3.63, 3.8) is 0 Å². The Hall–Kier alpha value is -10.5. The Morgan fingerprint density at radius 2 is 0.910 bits per heavy atom. The number of phenolic OH excluding ortho intramolecular Hbond substituents is 1. The molecule has 0 fully saturated rings. The van der Waals surface area contributed by atoms with E-state index in [1.165, 1.54) is 26.4 Å². The van der Waals surface area contributed by atoms with Gasteiger partial charge in [0, 0.05) is 57.2 Å². The summed E-state index contributed by atoms with van der Waals surface area (Å²) < 4.78 is 86.9. The van der Waals surface area contributed by atoms with Crippen LogP contribution >= 0.6 is 0 Å². The summed E-state index contributed by atoms with van der Waals surface area (Å²) in [4.78, 5) is 26.1. The Kier molecular flexibility index (Phi) is 19.7. The Balaban J connectivity index is 0.874. The van der Waals surface area contributed by atoms with E-state index >= 15 is 0 Å². The molecule has 9 aromatic rings. The summed E-state index contributed by atoms with van der Waals surface area (Å²) in [5, 5.41) is 55.3. The summed E-state index contributed by atoms with van der Waals surface area (Å²) in [5.41, 5.74) is 13.1. The molecule has 7 N–H and O–H groups in total. The highest BCUT2D eigenvalue weighted by molar-refractivity contribution is 7.86. The van der Waals surface area contributed by atoms with Crippen LogP contribution in [-0.4, -0.2) is 81.8 Å². The Morgan fingerprint density at radius 3 is 1.47 bits per heavy atom. The molecule has 0 saturated carbocycles. The minimum atomic E-state index is -4.27. The number of carbonyl (C=O) groups excluding carboxylic acids is 2. The molecule has 456 valence electrons. The molecule has 24 nitrogen and oxygen atoms in total. The zero-order valence-corrected chi connectivity index (χ0v) is 50.2. The van der Waals surface area contributed by atoms with Crippen LogP contribution in [0.4, 0.5) is 62.6 Å². The van der Waals surface area contributed by atoms with Crippen molar-refractivity contribution in [1.29, 1.82) is 0 Å². The fraction of sp³-hybridized carbons (Fsp3) is 0.175. The van der Waals surface area contributed by atoms with Crippen LogP contribution in [0.15, 0.2) is 193 Å². The van der Waals surface area contributed by atoms with Crippen LogP contribution < -0.4 is 35.3 Å². The second-order valence-corrected chi connectivity index (χ2v) is 23.3. The summed E-state index contributed by atoms with van der Waals surface area (Å²) in [5.74, 6) is -0.661. The fourth-order valence-electron chi connectivity index (χ4n) is 8.90. The molecule has 0 aliphatic rings. The van der Waals surface area contributed by atoms with E-state index in [1.807, 2.05) is 38.1 Å². The number of nitrogens with one attached hydrogen (secondary N) is 2. The topological polar surface area (TPSA) is 349 Å². The van der Waals surface area contributed by atoms with E-state index < -0.39 is 31.7 Å². The largest absolute Gasteiger partial charge is 0.505 e. The molecule has 0 bridgehead atoms. The molecular weight excluding hydrogens is 1180 g/mol. The second-order valence-electron chi connectivity index (χ2n) is 20.1. The first kappa shape index (κ1) is 63.0. The van der Waals surface area contributed by atoms with Gasteiger partial charge < -0.3 is 40.4 Å². The van der Waals surface area contributed by atoms with Gasteiger partial charge in [0.05, 0.1) is 61.7 Å². The lowest BCUT2D eigenvalue weighted by Crippen LogP contribution is -2.11. The number of rotatable bonds is 24. The molecule has 0 radical (unpaired) electrons. The number of azo groups is 4. The van der Waals surface area contributed by atoms with Crippen molar-refractivity contribution in [3.05, 3.63) is 179 Å². The van der Waals surface area contributed by atoms with E-state index in [9.17, 15) is 36.1 Å². The van der Waals surface area contributed by atoms with Gasteiger partial charge >= 0.3 is 0 Å². The van der Waals surface area contributed by atoms with Crippen molar-refractivity contribution < 1.29 is 59.6 Å². The highest BCUT2D eigenvalue weighted by atomic mass is 32.2. The van der Waals surface area contributed by atoms with Gasteiger partial charge in [-0.25, -0.2) is 0 Å². The lowest BCUT2D eigenvalue weighted by atomic mass is 10.1. The van der Waals surface area contributed by atoms with Crippen molar-refractivity contribution in [3.8, 4) is 28.7 Å². The van der Waals surface area contributed by atoms with Gasteiger partial charge in [0.15, 0.2) is 5.75 Å². The van der Waals surface area contributed by atoms with Gasteiger partial charge in [-0.1, -0.05) is 24.3 Å². The summed E-state index contributed by atoms with van der Waals surface area (Å²) in [7, 11) is -5.52. The number of hydrogen-bond acceptors (Lipinski definition) is 20. The Labute approximate surface area is 511 Å². The predicted octanol–water partition coefficient (Wildman–Crippen LogP) is 15.7. The van der Waals surface area contributed by atoms with Crippen molar-refractivity contribution in [2.45, 2.75) is 33.6 Å². The molecule has 2 amide bonds. The number of fused-ring (bicyclic) bond motifs is 2. The molecule has 0 unspecified atom stereocenters. The number of hydrogen-bond donors (Lipinski definition) is 6. The number of amides is 2. The molecule has 0 heterocycles. The quantitative estimate of drug-likeness (QED) is 0.0142. The van der Waals surface area contributed by atoms with Crippen molar-refractivity contribution in [2.24, 2.45) is 40.9 Å². The maximum absolute atomic E-state index is 13.3. The highest BCUT2D eigenvalue weighted by Crippen LogP contribution is 2.44. The Bertz CT molecular complexity index is 4530. The number of aryl methyl sites for hydroxylation is 3. The number of nitrogens with two attached hydrogens (primary N) is 1. The third kappa shape index (κ3) is 16.7. The number of benzene rings is 9. The minimum absolute atomic E-state index is 0.0448. The van der Waals surface area contributed by atoms with E-state index in [-0.39, 0.29) is 83.6 Å². The molecule has 0 atom stereocenters. The van der Waals surface area contributed by atoms with Gasteiger partial charge in [0.1, 0.15) is 45.7 Å². The van der Waals surface area contributed by atoms with Crippen LogP contribution in [0.3, 0.4) is 0 Å². The molecule has 9 rings (SSSR count). The lowest BCUT2D eigenvalue weighted by molar-refractivity contribution is 0.101. The molecule has 0 saturated heterocycles. The minimum Gasteiger partial charge on any atom is -0.505 e. The zero-order valence-electron chi connectivity index (χ0n) is 48.6. The van der Waals surface area contributed by atoms with Crippen molar-refractivity contribution >= 4 is 116 Å². The standard InChI is InChI=1S/C63H59N11O13S2/c1-37-30-52(38(2)29-51(37)69-67-45-19-14-42(15-20-45)63(77)66-47-21-13-40-9-6-10-57(49(40)33-47)86-25-7-27-88(78,79)80)70-71-53-34-60(87-26-8-28-89(81,82)83)54(31-39(53)3)72-74-56-36-58(84-4)55(35-59(56)85-5)73-68-50-24-16-43-32-46(22-23-48(43)61(50)75)65-62(76)41-11-17-44(64)18-12-41/h6,9-24,29-36,75H,7-8,25-28,64H2,1-5H3,(H,65,76)(H,66,77)(H,78,79,80)(H,81,82,83). The molecular formula is C63H59N11O13S2. The third-order valence-corrected chi connectivity index (χ3v) is 15.2. The normalized spacial score (nSPS) is 12.0. The molecule has 0 aromatic heterocycles. The van der Waals surface area contributed by atoms with E-state index in [0.29, 0.717) is 78.4 Å². The number of ether oxygens (including phenoxy) is 4. The highest BCUT2D eigenvalue weighted by Gasteiger charge is 2.17. The maximum Gasteiger partial charge on any atom is 0.264 e. The monoisotopic (exact) mass is 1240 g/mol. The zero-order chi connectivity index (χ0) is 63.4. The van der Waals surface area contributed by atoms with Crippen LogP contribution in [0.1, 0.15) is 50.2 Å². The van der Waals surface area contributed by atoms with Crippen molar-refractivity contribution in [2.75, 3.05) is 55.3 Å². The number of anilines is 3. The number of aromatic hydroxyl groups is 1. The van der Waals surface area contributed by atoms with Gasteiger partial charge in [-0.05, 0) is 170 Å². The summed E-state index contributed by atoms with van der Waals surface area (Å²) in [6.45, 7) is 5.43. The number of methoxy groups -OCH3 is 2. The first-order valence-corrected chi connectivity index (χ1v) is 30.5. The van der Waals surface area contributed by atoms with Gasteiger partial charge in [0.2, 0.25) is 0 Å². The first-order valence-electron chi connectivity index (χ1n) is 27.3. The summed E-state index contributed by atoms with van der Waals surface area (Å²) in [6, 6.07) is 42.2. The van der Waals surface area contributed by atoms with Crippen LogP contribution in [0.2, 0.25) is 0 Å². The first-order chi connectivity index (χ1) is 42.6.